The number of rotatable bonds is 7. The van der Waals surface area contributed by atoms with Crippen LogP contribution in [-0.2, 0) is 17.9 Å². The number of benzene rings is 1. The molecule has 1 N–H and O–H groups in total. The number of alkyl halides is 2. The zero-order valence-electron chi connectivity index (χ0n) is 15.4. The Bertz CT molecular complexity index is 1090. The van der Waals surface area contributed by atoms with Gasteiger partial charge in [0, 0.05) is 16.8 Å². The Morgan fingerprint density at radius 2 is 2.13 bits per heavy atom. The minimum absolute atomic E-state index is 0.0174. The standard InChI is InChI=1S/C17H14ClF3N6O3/c1-9-16(27(29)30)15(17(20)21)24-26(9)8-14(28)23-10-5-22-25(6-10)7-11-12(18)3-2-4-13(11)19/h2-6,17H,7-8H2,1H3,(H,23,28). The normalized spacial score (nSPS) is 11.1. The Labute approximate surface area is 172 Å². The van der Waals surface area contributed by atoms with Gasteiger partial charge in [-0.1, -0.05) is 17.7 Å². The monoisotopic (exact) mass is 442 g/mol. The second-order valence-electron chi connectivity index (χ2n) is 6.21. The smallest absolute Gasteiger partial charge is 0.319 e. The van der Waals surface area contributed by atoms with Crippen LogP contribution in [0.3, 0.4) is 0 Å². The highest BCUT2D eigenvalue weighted by Crippen LogP contribution is 2.30. The van der Waals surface area contributed by atoms with Crippen LogP contribution in [0, 0.1) is 22.9 Å². The van der Waals surface area contributed by atoms with Crippen molar-refractivity contribution < 1.29 is 22.9 Å². The van der Waals surface area contributed by atoms with Crippen LogP contribution in [0.25, 0.3) is 0 Å². The molecule has 0 bridgehead atoms. The molecule has 0 unspecified atom stereocenters. The largest absolute Gasteiger partial charge is 0.322 e. The maximum atomic E-state index is 13.9. The van der Waals surface area contributed by atoms with Gasteiger partial charge in [-0.15, -0.1) is 0 Å². The minimum atomic E-state index is -3.16. The van der Waals surface area contributed by atoms with Gasteiger partial charge in [-0.2, -0.15) is 10.2 Å². The lowest BCUT2D eigenvalue weighted by molar-refractivity contribution is -0.386. The van der Waals surface area contributed by atoms with Gasteiger partial charge in [-0.3, -0.25) is 24.3 Å². The van der Waals surface area contributed by atoms with Crippen molar-refractivity contribution in [2.24, 2.45) is 0 Å². The van der Waals surface area contributed by atoms with Crippen molar-refractivity contribution in [1.82, 2.24) is 19.6 Å². The summed E-state index contributed by atoms with van der Waals surface area (Å²) in [5.41, 5.74) is -1.53. The maximum Gasteiger partial charge on any atom is 0.319 e. The summed E-state index contributed by atoms with van der Waals surface area (Å²) in [6.45, 7) is 0.716. The van der Waals surface area contributed by atoms with Gasteiger partial charge in [0.2, 0.25) is 11.6 Å². The Kier molecular flexibility index (Phi) is 6.06. The van der Waals surface area contributed by atoms with Crippen molar-refractivity contribution in [2.75, 3.05) is 5.32 Å². The summed E-state index contributed by atoms with van der Waals surface area (Å²) < 4.78 is 42.0. The number of carbonyl (C=O) groups excluding carboxylic acids is 1. The molecule has 0 saturated carbocycles. The molecule has 3 rings (SSSR count). The van der Waals surface area contributed by atoms with Gasteiger partial charge in [0.25, 0.3) is 6.43 Å². The molecule has 30 heavy (non-hydrogen) atoms. The third kappa shape index (κ3) is 4.43. The van der Waals surface area contributed by atoms with Crippen molar-refractivity contribution in [2.45, 2.75) is 26.4 Å². The van der Waals surface area contributed by atoms with E-state index < -0.39 is 41.0 Å². The highest BCUT2D eigenvalue weighted by atomic mass is 35.5. The molecule has 1 aromatic carbocycles. The van der Waals surface area contributed by atoms with Crippen molar-refractivity contribution in [3.63, 3.8) is 0 Å². The van der Waals surface area contributed by atoms with E-state index in [0.29, 0.717) is 0 Å². The number of amides is 1. The van der Waals surface area contributed by atoms with Crippen molar-refractivity contribution in [3.8, 4) is 0 Å². The number of hydrogen-bond acceptors (Lipinski definition) is 5. The molecular formula is C17H14ClF3N6O3. The van der Waals surface area contributed by atoms with Crippen LogP contribution in [0.2, 0.25) is 5.02 Å². The second-order valence-corrected chi connectivity index (χ2v) is 6.62. The van der Waals surface area contributed by atoms with Gasteiger partial charge in [0.1, 0.15) is 18.1 Å². The van der Waals surface area contributed by atoms with Gasteiger partial charge in [-0.05, 0) is 19.1 Å². The number of aromatic nitrogens is 4. The Balaban J connectivity index is 1.71. The highest BCUT2D eigenvalue weighted by Gasteiger charge is 2.31. The molecule has 0 aliphatic carbocycles. The molecule has 9 nitrogen and oxygen atoms in total. The molecule has 0 spiro atoms. The van der Waals surface area contributed by atoms with Crippen molar-refractivity contribution >= 4 is 28.9 Å². The number of carbonyl (C=O) groups is 1. The first-order valence-corrected chi connectivity index (χ1v) is 8.80. The molecule has 0 atom stereocenters. The molecule has 0 aliphatic heterocycles. The molecule has 2 aromatic heterocycles. The molecule has 1 amide bonds. The summed E-state index contributed by atoms with van der Waals surface area (Å²) in [6, 6.07) is 4.26. The SMILES string of the molecule is Cc1c([N+](=O)[O-])c(C(F)F)nn1CC(=O)Nc1cnn(Cc2c(F)cccc2Cl)c1. The van der Waals surface area contributed by atoms with E-state index in [-0.39, 0.29) is 28.5 Å². The zero-order chi connectivity index (χ0) is 22.0. The fourth-order valence-corrected chi connectivity index (χ4v) is 3.01. The predicted molar refractivity (Wildman–Crippen MR) is 99.9 cm³/mol. The van der Waals surface area contributed by atoms with Crippen LogP contribution in [0.1, 0.15) is 23.4 Å². The average Bonchev–Trinajstić information content (AvgIpc) is 3.23. The molecular weight excluding hydrogens is 429 g/mol. The third-order valence-corrected chi connectivity index (χ3v) is 4.54. The van der Waals surface area contributed by atoms with E-state index in [2.05, 4.69) is 15.5 Å². The Morgan fingerprint density at radius 3 is 2.73 bits per heavy atom. The Hall–Kier alpha value is -3.41. The lowest BCUT2D eigenvalue weighted by Crippen LogP contribution is -2.20. The summed E-state index contributed by atoms with van der Waals surface area (Å²) in [4.78, 5) is 22.3. The summed E-state index contributed by atoms with van der Waals surface area (Å²) in [5.74, 6) is -1.17. The quantitative estimate of drug-likeness (QED) is 0.443. The number of hydrogen-bond donors (Lipinski definition) is 1. The minimum Gasteiger partial charge on any atom is -0.322 e. The van der Waals surface area contributed by atoms with E-state index in [0.717, 1.165) is 4.68 Å². The van der Waals surface area contributed by atoms with Crippen LogP contribution in [0.4, 0.5) is 24.5 Å². The lowest BCUT2D eigenvalue weighted by atomic mass is 10.2. The summed E-state index contributed by atoms with van der Waals surface area (Å²) in [5, 5.41) is 21.2. The van der Waals surface area contributed by atoms with E-state index >= 15 is 0 Å². The second kappa shape index (κ2) is 8.53. The summed E-state index contributed by atoms with van der Waals surface area (Å²) in [7, 11) is 0. The van der Waals surface area contributed by atoms with Crippen LogP contribution in [-0.4, -0.2) is 30.4 Å². The molecule has 0 radical (unpaired) electrons. The van der Waals surface area contributed by atoms with Gasteiger partial charge >= 0.3 is 5.69 Å². The van der Waals surface area contributed by atoms with E-state index in [1.54, 1.807) is 0 Å². The summed E-state index contributed by atoms with van der Waals surface area (Å²) >= 11 is 5.97. The maximum absolute atomic E-state index is 13.9. The number of nitro groups is 1. The number of halogens is 4. The fourth-order valence-electron chi connectivity index (χ4n) is 2.78. The molecule has 158 valence electrons. The molecule has 0 saturated heterocycles. The summed E-state index contributed by atoms with van der Waals surface area (Å²) in [6.07, 6.45) is -0.434. The first-order chi connectivity index (χ1) is 14.2. The van der Waals surface area contributed by atoms with Crippen LogP contribution < -0.4 is 5.32 Å². The zero-order valence-corrected chi connectivity index (χ0v) is 16.1. The molecule has 2 heterocycles. The first-order valence-electron chi connectivity index (χ1n) is 8.42. The van der Waals surface area contributed by atoms with Gasteiger partial charge < -0.3 is 5.32 Å². The van der Waals surface area contributed by atoms with Crippen molar-refractivity contribution in [3.05, 3.63) is 68.5 Å². The van der Waals surface area contributed by atoms with E-state index in [1.807, 2.05) is 0 Å². The number of nitrogens with zero attached hydrogens (tertiary/aromatic N) is 5. The molecule has 0 aliphatic rings. The van der Waals surface area contributed by atoms with E-state index in [4.69, 9.17) is 11.6 Å². The average molecular weight is 443 g/mol. The molecule has 13 heteroatoms. The molecule has 0 fully saturated rings. The fraction of sp³-hybridized carbons (Fsp3) is 0.235. The number of nitrogens with one attached hydrogen (secondary N) is 1. The van der Waals surface area contributed by atoms with E-state index in [9.17, 15) is 28.1 Å². The highest BCUT2D eigenvalue weighted by molar-refractivity contribution is 6.31. The van der Waals surface area contributed by atoms with Crippen LogP contribution in [0.5, 0.6) is 0 Å². The van der Waals surface area contributed by atoms with Crippen molar-refractivity contribution in [1.29, 1.82) is 0 Å². The van der Waals surface area contributed by atoms with Gasteiger partial charge in [0.05, 0.1) is 23.4 Å². The Morgan fingerprint density at radius 1 is 1.40 bits per heavy atom. The number of anilines is 1. The van der Waals surface area contributed by atoms with Crippen LogP contribution >= 0.6 is 11.6 Å². The molecule has 3 aromatic rings. The van der Waals surface area contributed by atoms with Gasteiger partial charge in [-0.25, -0.2) is 13.2 Å². The van der Waals surface area contributed by atoms with E-state index in [1.165, 1.54) is 42.2 Å². The lowest BCUT2D eigenvalue weighted by Gasteiger charge is -2.06. The topological polar surface area (TPSA) is 108 Å². The first kappa shape index (κ1) is 21.3. The van der Waals surface area contributed by atoms with Gasteiger partial charge in [0.15, 0.2) is 0 Å². The third-order valence-electron chi connectivity index (χ3n) is 4.18. The predicted octanol–water partition coefficient (Wildman–Crippen LogP) is 3.71. The van der Waals surface area contributed by atoms with Crippen LogP contribution in [0.15, 0.2) is 30.6 Å².